The zero-order chi connectivity index (χ0) is 15.5. The Balaban J connectivity index is 2.26. The summed E-state index contributed by atoms with van der Waals surface area (Å²) in [5, 5.41) is 10.2. The first kappa shape index (κ1) is 16.4. The Hall–Kier alpha value is -0.960. The number of likely N-dealkylation sites (N-methyl/N-ethyl adjacent to an activating group) is 1. The molecule has 1 aliphatic heterocycles. The van der Waals surface area contributed by atoms with E-state index in [0.717, 1.165) is 37.3 Å². The average molecular weight is 315 g/mol. The molecule has 1 aliphatic rings. The fourth-order valence-electron chi connectivity index (χ4n) is 2.49. The molecule has 0 spiro atoms. The summed E-state index contributed by atoms with van der Waals surface area (Å²) >= 11 is 0. The van der Waals surface area contributed by atoms with Gasteiger partial charge in [0.2, 0.25) is 0 Å². The summed E-state index contributed by atoms with van der Waals surface area (Å²) < 4.78 is 27.2. The highest BCUT2D eigenvalue weighted by Gasteiger charge is 2.31. The van der Waals surface area contributed by atoms with Gasteiger partial charge >= 0.3 is 0 Å². The highest BCUT2D eigenvalue weighted by molar-refractivity contribution is 7.89. The summed E-state index contributed by atoms with van der Waals surface area (Å²) in [6.07, 6.45) is 0.849. The summed E-state index contributed by atoms with van der Waals surface area (Å²) in [6.45, 7) is 7.91. The van der Waals surface area contributed by atoms with Gasteiger partial charge in [-0.25, -0.2) is 8.42 Å². The highest BCUT2D eigenvalue weighted by atomic mass is 32.2. The minimum absolute atomic E-state index is 0.172. The third-order valence-electron chi connectivity index (χ3n) is 3.85. The van der Waals surface area contributed by atoms with Gasteiger partial charge in [0.05, 0.1) is 0 Å². The predicted octanol–water partition coefficient (Wildman–Crippen LogP) is 0.154. The van der Waals surface area contributed by atoms with Gasteiger partial charge in [0.15, 0.2) is 5.03 Å². The molecule has 2 N–H and O–H groups in total. The minimum atomic E-state index is -3.52. The third-order valence-corrected chi connectivity index (χ3v) is 5.72. The van der Waals surface area contributed by atoms with Gasteiger partial charge in [0, 0.05) is 37.4 Å². The maximum Gasteiger partial charge on any atom is 0.262 e. The van der Waals surface area contributed by atoms with E-state index in [1.807, 2.05) is 20.9 Å². The maximum absolute atomic E-state index is 12.8. The molecule has 0 bridgehead atoms. The van der Waals surface area contributed by atoms with E-state index in [0.29, 0.717) is 19.6 Å². The van der Waals surface area contributed by atoms with Crippen molar-refractivity contribution in [2.45, 2.75) is 31.8 Å². The van der Waals surface area contributed by atoms with Crippen molar-refractivity contribution in [2.75, 3.05) is 39.8 Å². The zero-order valence-corrected chi connectivity index (χ0v) is 13.8. The van der Waals surface area contributed by atoms with E-state index in [1.54, 1.807) is 4.31 Å². The largest absolute Gasteiger partial charge is 0.313 e. The fraction of sp³-hybridized carbons (Fsp3) is 0.769. The van der Waals surface area contributed by atoms with Crippen LogP contribution in [0, 0.1) is 6.92 Å². The van der Waals surface area contributed by atoms with Gasteiger partial charge in [0.25, 0.3) is 10.0 Å². The van der Waals surface area contributed by atoms with Crippen molar-refractivity contribution in [3.05, 3.63) is 11.3 Å². The molecule has 1 saturated heterocycles. The van der Waals surface area contributed by atoms with Crippen LogP contribution in [-0.4, -0.2) is 67.6 Å². The van der Waals surface area contributed by atoms with E-state index < -0.39 is 10.0 Å². The van der Waals surface area contributed by atoms with Gasteiger partial charge in [0.1, 0.15) is 0 Å². The van der Waals surface area contributed by atoms with Gasteiger partial charge < -0.3 is 10.2 Å². The van der Waals surface area contributed by atoms with E-state index in [9.17, 15) is 8.42 Å². The summed E-state index contributed by atoms with van der Waals surface area (Å²) in [5.41, 5.74) is 1.55. The van der Waals surface area contributed by atoms with Crippen LogP contribution in [0.25, 0.3) is 0 Å². The number of H-pyrrole nitrogens is 1. The lowest BCUT2D eigenvalue weighted by Gasteiger charge is -2.19. The van der Waals surface area contributed by atoms with Crippen molar-refractivity contribution in [1.29, 1.82) is 0 Å². The lowest BCUT2D eigenvalue weighted by Crippen LogP contribution is -2.35. The molecule has 0 amide bonds. The molecule has 21 heavy (non-hydrogen) atoms. The topological polar surface area (TPSA) is 81.3 Å². The third kappa shape index (κ3) is 3.63. The quantitative estimate of drug-likeness (QED) is 0.808. The van der Waals surface area contributed by atoms with Gasteiger partial charge in [-0.2, -0.15) is 9.40 Å². The Bertz CT molecular complexity index is 569. The molecule has 0 unspecified atom stereocenters. The predicted molar refractivity (Wildman–Crippen MR) is 81.6 cm³/mol. The van der Waals surface area contributed by atoms with E-state index in [-0.39, 0.29) is 5.03 Å². The second kappa shape index (κ2) is 6.87. The van der Waals surface area contributed by atoms with Gasteiger partial charge in [-0.3, -0.25) is 5.10 Å². The van der Waals surface area contributed by atoms with Crippen LogP contribution >= 0.6 is 0 Å². The first-order chi connectivity index (χ1) is 9.96. The standard InChI is InChI=1S/C13H25N5O2S/c1-4-14-10-12-11(2)15-16-13(12)21(19,20)18-7-5-6-17(3)8-9-18/h14H,4-10H2,1-3H3,(H,15,16). The summed E-state index contributed by atoms with van der Waals surface area (Å²) in [4.78, 5) is 2.16. The second-order valence-corrected chi connectivity index (χ2v) is 7.33. The molecule has 0 aromatic carbocycles. The molecule has 1 aromatic heterocycles. The van der Waals surface area contributed by atoms with Crippen molar-refractivity contribution in [2.24, 2.45) is 0 Å². The van der Waals surface area contributed by atoms with Crippen LogP contribution in [0.1, 0.15) is 24.6 Å². The van der Waals surface area contributed by atoms with Crippen molar-refractivity contribution in [3.63, 3.8) is 0 Å². The monoisotopic (exact) mass is 315 g/mol. The number of aryl methyl sites for hydroxylation is 1. The van der Waals surface area contributed by atoms with Crippen LogP contribution in [0.4, 0.5) is 0 Å². The first-order valence-corrected chi connectivity index (χ1v) is 8.84. The zero-order valence-electron chi connectivity index (χ0n) is 13.0. The van der Waals surface area contributed by atoms with Crippen LogP contribution < -0.4 is 5.32 Å². The van der Waals surface area contributed by atoms with Crippen molar-refractivity contribution < 1.29 is 8.42 Å². The number of nitrogens with zero attached hydrogens (tertiary/aromatic N) is 3. The molecular formula is C13H25N5O2S. The average Bonchev–Trinajstić information content (AvgIpc) is 2.66. The number of hydrogen-bond acceptors (Lipinski definition) is 5. The second-order valence-electron chi connectivity index (χ2n) is 5.47. The molecule has 0 radical (unpaired) electrons. The lowest BCUT2D eigenvalue weighted by molar-refractivity contribution is 0.347. The molecule has 8 heteroatoms. The fourth-order valence-corrected chi connectivity index (χ4v) is 4.12. The number of sulfonamides is 1. The smallest absolute Gasteiger partial charge is 0.262 e. The SMILES string of the molecule is CCNCc1c(S(=O)(=O)N2CCCN(C)CC2)n[nH]c1C. The molecule has 120 valence electrons. The summed E-state index contributed by atoms with van der Waals surface area (Å²) in [6, 6.07) is 0. The van der Waals surface area contributed by atoms with Gasteiger partial charge in [-0.1, -0.05) is 6.92 Å². The lowest BCUT2D eigenvalue weighted by atomic mass is 10.2. The first-order valence-electron chi connectivity index (χ1n) is 7.40. The maximum atomic E-state index is 12.8. The van der Waals surface area contributed by atoms with Crippen LogP contribution in [0.15, 0.2) is 5.03 Å². The summed E-state index contributed by atoms with van der Waals surface area (Å²) in [7, 11) is -1.51. The van der Waals surface area contributed by atoms with Crippen LogP contribution in [0.5, 0.6) is 0 Å². The molecule has 0 atom stereocenters. The van der Waals surface area contributed by atoms with Crippen LogP contribution in [0.3, 0.4) is 0 Å². The van der Waals surface area contributed by atoms with E-state index in [4.69, 9.17) is 0 Å². The number of rotatable bonds is 5. The van der Waals surface area contributed by atoms with E-state index >= 15 is 0 Å². The van der Waals surface area contributed by atoms with E-state index in [1.165, 1.54) is 0 Å². The Kier molecular flexibility index (Phi) is 5.37. The van der Waals surface area contributed by atoms with Gasteiger partial charge in [-0.15, -0.1) is 0 Å². The van der Waals surface area contributed by atoms with Crippen LogP contribution in [-0.2, 0) is 16.6 Å². The minimum Gasteiger partial charge on any atom is -0.313 e. The molecule has 1 fully saturated rings. The Morgan fingerprint density at radius 2 is 2.05 bits per heavy atom. The molecule has 2 rings (SSSR count). The van der Waals surface area contributed by atoms with Crippen LogP contribution in [0.2, 0.25) is 0 Å². The molecule has 1 aromatic rings. The number of aromatic nitrogens is 2. The Morgan fingerprint density at radius 3 is 2.76 bits per heavy atom. The molecule has 2 heterocycles. The Morgan fingerprint density at radius 1 is 1.29 bits per heavy atom. The van der Waals surface area contributed by atoms with E-state index in [2.05, 4.69) is 20.4 Å². The Labute approximate surface area is 126 Å². The molecule has 0 aliphatic carbocycles. The van der Waals surface area contributed by atoms with Crippen molar-refractivity contribution >= 4 is 10.0 Å². The van der Waals surface area contributed by atoms with Crippen molar-refractivity contribution in [1.82, 2.24) is 24.7 Å². The molecule has 0 saturated carbocycles. The highest BCUT2D eigenvalue weighted by Crippen LogP contribution is 2.21. The normalized spacial score (nSPS) is 18.8. The number of hydrogen-bond donors (Lipinski definition) is 2. The van der Waals surface area contributed by atoms with Crippen molar-refractivity contribution in [3.8, 4) is 0 Å². The van der Waals surface area contributed by atoms with Gasteiger partial charge in [-0.05, 0) is 33.5 Å². The molecular weight excluding hydrogens is 290 g/mol. The number of nitrogens with one attached hydrogen (secondary N) is 2. The summed E-state index contributed by atoms with van der Waals surface area (Å²) in [5.74, 6) is 0. The number of aromatic amines is 1. The molecule has 7 nitrogen and oxygen atoms in total.